The third-order valence-electron chi connectivity index (χ3n) is 4.73. The Kier molecular flexibility index (Phi) is 4.95. The molecule has 7 nitrogen and oxygen atoms in total. The molecule has 0 spiro atoms. The van der Waals surface area contributed by atoms with Gasteiger partial charge in [0.2, 0.25) is 5.91 Å². The number of carbonyl (C=O) groups is 2. The maximum Gasteiger partial charge on any atom is 0.272 e. The van der Waals surface area contributed by atoms with Gasteiger partial charge in [-0.3, -0.25) is 14.5 Å². The number of imidazole rings is 1. The van der Waals surface area contributed by atoms with Crippen LogP contribution in [-0.4, -0.2) is 81.9 Å². The number of hydrogen-bond acceptors (Lipinski definition) is 4. The second-order valence-corrected chi connectivity index (χ2v) is 6.40. The van der Waals surface area contributed by atoms with E-state index in [4.69, 9.17) is 0 Å². The average molecular weight is 319 g/mol. The molecule has 0 radical (unpaired) electrons. The van der Waals surface area contributed by atoms with Crippen LogP contribution in [0.25, 0.3) is 0 Å². The number of carbonyl (C=O) groups excluding carboxylic acids is 2. The minimum Gasteiger partial charge on any atom is -0.342 e. The van der Waals surface area contributed by atoms with Crippen LogP contribution in [0.5, 0.6) is 0 Å². The van der Waals surface area contributed by atoms with Crippen molar-refractivity contribution in [2.75, 3.05) is 45.8 Å². The van der Waals surface area contributed by atoms with Crippen LogP contribution in [0.2, 0.25) is 0 Å². The molecule has 2 aliphatic heterocycles. The van der Waals surface area contributed by atoms with Crippen LogP contribution in [-0.2, 0) is 11.8 Å². The van der Waals surface area contributed by atoms with E-state index in [-0.39, 0.29) is 11.8 Å². The van der Waals surface area contributed by atoms with Gasteiger partial charge >= 0.3 is 0 Å². The molecule has 0 bridgehead atoms. The van der Waals surface area contributed by atoms with Gasteiger partial charge in [0.1, 0.15) is 5.69 Å². The normalized spacial score (nSPS) is 19.9. The van der Waals surface area contributed by atoms with Gasteiger partial charge in [-0.05, 0) is 19.3 Å². The summed E-state index contributed by atoms with van der Waals surface area (Å²) in [5, 5.41) is 0. The minimum absolute atomic E-state index is 0.0257. The first-order valence-electron chi connectivity index (χ1n) is 8.41. The van der Waals surface area contributed by atoms with Gasteiger partial charge in [0, 0.05) is 46.3 Å². The van der Waals surface area contributed by atoms with Crippen molar-refractivity contribution in [3.8, 4) is 0 Å². The van der Waals surface area contributed by atoms with E-state index >= 15 is 0 Å². The van der Waals surface area contributed by atoms with Gasteiger partial charge in [-0.1, -0.05) is 0 Å². The zero-order valence-corrected chi connectivity index (χ0v) is 13.8. The summed E-state index contributed by atoms with van der Waals surface area (Å²) < 4.78 is 1.75. The summed E-state index contributed by atoms with van der Waals surface area (Å²) in [6.45, 7) is 5.30. The summed E-state index contributed by atoms with van der Waals surface area (Å²) in [5.74, 6) is 0.256. The molecule has 126 valence electrons. The van der Waals surface area contributed by atoms with Gasteiger partial charge in [-0.25, -0.2) is 4.98 Å². The topological polar surface area (TPSA) is 61.7 Å². The fourth-order valence-electron chi connectivity index (χ4n) is 3.32. The van der Waals surface area contributed by atoms with Crippen molar-refractivity contribution in [3.05, 3.63) is 18.2 Å². The van der Waals surface area contributed by atoms with E-state index in [9.17, 15) is 9.59 Å². The molecule has 2 fully saturated rings. The van der Waals surface area contributed by atoms with Crippen molar-refractivity contribution in [1.82, 2.24) is 24.3 Å². The molecule has 1 aromatic heterocycles. The molecule has 0 aromatic carbocycles. The van der Waals surface area contributed by atoms with E-state index in [2.05, 4.69) is 9.88 Å². The lowest BCUT2D eigenvalue weighted by Gasteiger charge is -2.24. The highest BCUT2D eigenvalue weighted by molar-refractivity contribution is 5.92. The Morgan fingerprint density at radius 2 is 1.74 bits per heavy atom. The first-order valence-corrected chi connectivity index (χ1v) is 8.41. The molecule has 0 unspecified atom stereocenters. The molecule has 2 saturated heterocycles. The van der Waals surface area contributed by atoms with Gasteiger partial charge in [0.25, 0.3) is 5.91 Å². The number of nitrogens with zero attached hydrogens (tertiary/aromatic N) is 5. The molecule has 23 heavy (non-hydrogen) atoms. The second-order valence-electron chi connectivity index (χ2n) is 6.40. The van der Waals surface area contributed by atoms with E-state index in [0.717, 1.165) is 52.0 Å². The Morgan fingerprint density at radius 3 is 2.43 bits per heavy atom. The SMILES string of the molecule is Cn1cncc1C(=O)N1CCCN(CC(=O)N2CCCC2)CC1. The fourth-order valence-corrected chi connectivity index (χ4v) is 3.32. The van der Waals surface area contributed by atoms with Gasteiger partial charge in [0.05, 0.1) is 19.1 Å². The van der Waals surface area contributed by atoms with E-state index in [1.165, 1.54) is 0 Å². The van der Waals surface area contributed by atoms with Crippen LogP contribution >= 0.6 is 0 Å². The van der Waals surface area contributed by atoms with E-state index in [1.54, 1.807) is 17.1 Å². The van der Waals surface area contributed by atoms with E-state index in [1.807, 2.05) is 16.8 Å². The first-order chi connectivity index (χ1) is 11.1. The summed E-state index contributed by atoms with van der Waals surface area (Å²) in [6.07, 6.45) is 6.41. The van der Waals surface area contributed by atoms with Crippen molar-refractivity contribution in [2.24, 2.45) is 7.05 Å². The van der Waals surface area contributed by atoms with Crippen molar-refractivity contribution in [3.63, 3.8) is 0 Å². The Hall–Kier alpha value is -1.89. The predicted molar refractivity (Wildman–Crippen MR) is 86.0 cm³/mol. The molecule has 1 aromatic rings. The van der Waals surface area contributed by atoms with Gasteiger partial charge in [0.15, 0.2) is 0 Å². The van der Waals surface area contributed by atoms with Crippen LogP contribution in [0.3, 0.4) is 0 Å². The highest BCUT2D eigenvalue weighted by Gasteiger charge is 2.25. The van der Waals surface area contributed by atoms with E-state index in [0.29, 0.717) is 18.8 Å². The third-order valence-corrected chi connectivity index (χ3v) is 4.73. The van der Waals surface area contributed by atoms with Crippen molar-refractivity contribution >= 4 is 11.8 Å². The highest BCUT2D eigenvalue weighted by Crippen LogP contribution is 2.11. The number of rotatable bonds is 3. The summed E-state index contributed by atoms with van der Waals surface area (Å²) >= 11 is 0. The fraction of sp³-hybridized carbons (Fsp3) is 0.688. The summed E-state index contributed by atoms with van der Waals surface area (Å²) in [5.41, 5.74) is 0.617. The molecule has 0 saturated carbocycles. The summed E-state index contributed by atoms with van der Waals surface area (Å²) in [7, 11) is 1.83. The monoisotopic (exact) mass is 319 g/mol. The zero-order chi connectivity index (χ0) is 16.2. The Morgan fingerprint density at radius 1 is 1.00 bits per heavy atom. The Balaban J connectivity index is 1.53. The lowest BCUT2D eigenvalue weighted by molar-refractivity contribution is -0.131. The molecule has 0 N–H and O–H groups in total. The highest BCUT2D eigenvalue weighted by atomic mass is 16.2. The van der Waals surface area contributed by atoms with Crippen LogP contribution in [0.4, 0.5) is 0 Å². The second kappa shape index (κ2) is 7.12. The average Bonchev–Trinajstić information content (AvgIpc) is 3.16. The smallest absolute Gasteiger partial charge is 0.272 e. The first kappa shape index (κ1) is 16.0. The maximum atomic E-state index is 12.5. The number of likely N-dealkylation sites (tertiary alicyclic amines) is 1. The largest absolute Gasteiger partial charge is 0.342 e. The minimum atomic E-state index is 0.0257. The lowest BCUT2D eigenvalue weighted by Crippen LogP contribution is -2.41. The van der Waals surface area contributed by atoms with E-state index < -0.39 is 0 Å². The molecule has 7 heteroatoms. The molecule has 0 atom stereocenters. The summed E-state index contributed by atoms with van der Waals surface area (Å²) in [6, 6.07) is 0. The number of amides is 2. The van der Waals surface area contributed by atoms with Crippen molar-refractivity contribution in [2.45, 2.75) is 19.3 Å². The lowest BCUT2D eigenvalue weighted by atomic mass is 10.3. The molecule has 3 heterocycles. The Bertz CT molecular complexity index is 565. The van der Waals surface area contributed by atoms with Crippen LogP contribution in [0, 0.1) is 0 Å². The number of aromatic nitrogens is 2. The molecule has 2 aliphatic rings. The van der Waals surface area contributed by atoms with Crippen LogP contribution < -0.4 is 0 Å². The quantitative estimate of drug-likeness (QED) is 0.798. The summed E-state index contributed by atoms with van der Waals surface area (Å²) in [4.78, 5) is 34.8. The molecule has 3 rings (SSSR count). The molecular weight excluding hydrogens is 294 g/mol. The van der Waals surface area contributed by atoms with Gasteiger partial charge in [-0.2, -0.15) is 0 Å². The maximum absolute atomic E-state index is 12.5. The van der Waals surface area contributed by atoms with Gasteiger partial charge < -0.3 is 14.4 Å². The third kappa shape index (κ3) is 3.72. The van der Waals surface area contributed by atoms with Gasteiger partial charge in [-0.15, -0.1) is 0 Å². The molecule has 0 aliphatic carbocycles. The predicted octanol–water partition coefficient (Wildman–Crippen LogP) is 0.190. The molecular formula is C16H25N5O2. The van der Waals surface area contributed by atoms with Crippen molar-refractivity contribution < 1.29 is 9.59 Å². The zero-order valence-electron chi connectivity index (χ0n) is 13.8. The number of aryl methyl sites for hydroxylation is 1. The standard InChI is InChI=1S/C16H25N5O2/c1-18-13-17-11-14(18)16(23)21-8-4-5-19(9-10-21)12-15(22)20-6-2-3-7-20/h11,13H,2-10,12H2,1H3. The molecule has 2 amide bonds. The van der Waals surface area contributed by atoms with Crippen LogP contribution in [0.1, 0.15) is 29.8 Å². The van der Waals surface area contributed by atoms with Crippen molar-refractivity contribution in [1.29, 1.82) is 0 Å². The Labute approximate surface area is 136 Å². The van der Waals surface area contributed by atoms with Crippen LogP contribution in [0.15, 0.2) is 12.5 Å². The number of hydrogen-bond donors (Lipinski definition) is 0.